The van der Waals surface area contributed by atoms with Crippen molar-refractivity contribution in [3.8, 4) is 0 Å². The minimum atomic E-state index is -0.231. The van der Waals surface area contributed by atoms with Crippen molar-refractivity contribution in [1.82, 2.24) is 19.6 Å². The van der Waals surface area contributed by atoms with Gasteiger partial charge in [0.15, 0.2) is 0 Å². The maximum atomic E-state index is 9.31. The Kier molecular flexibility index (Phi) is 13.8. The van der Waals surface area contributed by atoms with Crippen LogP contribution in [-0.2, 0) is 0 Å². The van der Waals surface area contributed by atoms with Crippen LogP contribution in [0.25, 0.3) is 0 Å². The van der Waals surface area contributed by atoms with Gasteiger partial charge in [0, 0.05) is 26.2 Å². The predicted octanol–water partition coefficient (Wildman–Crippen LogP) is -1.06. The van der Waals surface area contributed by atoms with Gasteiger partial charge < -0.3 is 29.8 Å². The molecule has 0 aliphatic heterocycles. The monoisotopic (exact) mass is 292 g/mol. The van der Waals surface area contributed by atoms with Crippen LogP contribution in [0, 0.1) is 0 Å². The van der Waals surface area contributed by atoms with E-state index in [4.69, 9.17) is 0 Å². The van der Waals surface area contributed by atoms with E-state index in [0.29, 0.717) is 0 Å². The van der Waals surface area contributed by atoms with Crippen molar-refractivity contribution in [2.24, 2.45) is 0 Å². The van der Waals surface area contributed by atoms with E-state index in [-0.39, 0.29) is 12.2 Å². The molecule has 0 amide bonds. The van der Waals surface area contributed by atoms with Crippen LogP contribution in [0.15, 0.2) is 0 Å². The van der Waals surface area contributed by atoms with E-state index in [1.807, 2.05) is 76.0 Å². The van der Waals surface area contributed by atoms with Gasteiger partial charge in [-0.2, -0.15) is 0 Å². The highest BCUT2D eigenvalue weighted by atomic mass is 16.3. The van der Waals surface area contributed by atoms with Crippen molar-refractivity contribution in [2.75, 3.05) is 82.6 Å². The third-order valence-electron chi connectivity index (χ3n) is 2.30. The topological polar surface area (TPSA) is 53.4 Å². The zero-order chi connectivity index (χ0) is 16.3. The summed E-state index contributed by atoms with van der Waals surface area (Å²) in [5.41, 5.74) is 0. The molecule has 0 radical (unpaired) electrons. The molecule has 6 heteroatoms. The molecule has 2 N–H and O–H groups in total. The molecule has 124 valence electrons. The Bertz CT molecular complexity index is 169. The number of hydrogen-bond donors (Lipinski definition) is 2. The maximum absolute atomic E-state index is 9.31. The fourth-order valence-electron chi connectivity index (χ4n) is 1.80. The van der Waals surface area contributed by atoms with Gasteiger partial charge in [-0.1, -0.05) is 0 Å². The minimum absolute atomic E-state index is 0.231. The molecule has 6 nitrogen and oxygen atoms in total. The van der Waals surface area contributed by atoms with Gasteiger partial charge >= 0.3 is 0 Å². The Morgan fingerprint density at radius 2 is 0.650 bits per heavy atom. The molecule has 0 unspecified atom stereocenters. The quantitative estimate of drug-likeness (QED) is 0.595. The molecule has 0 aromatic rings. The summed E-state index contributed by atoms with van der Waals surface area (Å²) in [6, 6.07) is 0. The maximum Gasteiger partial charge on any atom is 0.0793 e. The molecule has 0 aliphatic rings. The van der Waals surface area contributed by atoms with Crippen molar-refractivity contribution in [3.63, 3.8) is 0 Å². The lowest BCUT2D eigenvalue weighted by molar-refractivity contribution is 0.107. The molecule has 0 saturated carbocycles. The van der Waals surface area contributed by atoms with Crippen LogP contribution in [0.4, 0.5) is 0 Å². The zero-order valence-electron chi connectivity index (χ0n) is 14.7. The van der Waals surface area contributed by atoms with Gasteiger partial charge in [0.1, 0.15) is 0 Å². The molecule has 0 spiro atoms. The summed E-state index contributed by atoms with van der Waals surface area (Å²) >= 11 is 0. The SMILES string of the molecule is CN(C)CC(O)CN(C)C.CN(C)CC(O)CN(C)C. The van der Waals surface area contributed by atoms with E-state index in [1.54, 1.807) is 0 Å². The lowest BCUT2D eigenvalue weighted by Crippen LogP contribution is -2.34. The fourth-order valence-corrected chi connectivity index (χ4v) is 1.80. The Hall–Kier alpha value is -0.240. The second kappa shape index (κ2) is 12.5. The molecule has 0 rings (SSSR count). The summed E-state index contributed by atoms with van der Waals surface area (Å²) in [4.78, 5) is 7.92. The van der Waals surface area contributed by atoms with E-state index in [1.165, 1.54) is 0 Å². The second-order valence-electron chi connectivity index (χ2n) is 6.36. The molecular formula is C14H36N4O2. The summed E-state index contributed by atoms with van der Waals surface area (Å²) < 4.78 is 0. The summed E-state index contributed by atoms with van der Waals surface area (Å²) in [5.74, 6) is 0. The highest BCUT2D eigenvalue weighted by Crippen LogP contribution is 1.88. The molecule has 0 aromatic heterocycles. The van der Waals surface area contributed by atoms with Crippen molar-refractivity contribution in [3.05, 3.63) is 0 Å². The summed E-state index contributed by atoms with van der Waals surface area (Å²) in [6.45, 7) is 2.94. The molecule has 0 aromatic carbocycles. The Morgan fingerprint density at radius 3 is 0.750 bits per heavy atom. The lowest BCUT2D eigenvalue weighted by atomic mass is 10.3. The average Bonchev–Trinajstić information content (AvgIpc) is 2.11. The van der Waals surface area contributed by atoms with Gasteiger partial charge in [-0.15, -0.1) is 0 Å². The molecule has 0 heterocycles. The standard InChI is InChI=1S/2C7H18N2O/c2*1-8(2)5-7(10)6-9(3)4/h2*7,10H,5-6H2,1-4H3. The van der Waals surface area contributed by atoms with Crippen LogP contribution < -0.4 is 0 Å². The summed E-state index contributed by atoms with van der Waals surface area (Å²) in [6.07, 6.45) is -0.463. The molecule has 0 fully saturated rings. The number of hydrogen-bond acceptors (Lipinski definition) is 6. The van der Waals surface area contributed by atoms with Gasteiger partial charge in [-0.05, 0) is 56.4 Å². The van der Waals surface area contributed by atoms with E-state index in [0.717, 1.165) is 26.2 Å². The first-order valence-corrected chi connectivity index (χ1v) is 6.99. The highest BCUT2D eigenvalue weighted by Gasteiger charge is 2.05. The highest BCUT2D eigenvalue weighted by molar-refractivity contribution is 4.61. The number of rotatable bonds is 8. The fraction of sp³-hybridized carbons (Fsp3) is 1.00. The minimum Gasteiger partial charge on any atom is -0.390 e. The first-order valence-electron chi connectivity index (χ1n) is 6.99. The van der Waals surface area contributed by atoms with Crippen LogP contribution in [0.5, 0.6) is 0 Å². The normalized spacial score (nSPS) is 12.0. The van der Waals surface area contributed by atoms with E-state index < -0.39 is 0 Å². The van der Waals surface area contributed by atoms with Crippen molar-refractivity contribution in [1.29, 1.82) is 0 Å². The average molecular weight is 292 g/mol. The van der Waals surface area contributed by atoms with Crippen LogP contribution in [0.3, 0.4) is 0 Å². The molecule has 0 bridgehead atoms. The molecule has 20 heavy (non-hydrogen) atoms. The lowest BCUT2D eigenvalue weighted by Gasteiger charge is -2.19. The third-order valence-corrected chi connectivity index (χ3v) is 2.30. The largest absolute Gasteiger partial charge is 0.390 e. The first-order chi connectivity index (χ1) is 9.04. The Labute approximate surface area is 125 Å². The number of nitrogens with zero attached hydrogens (tertiary/aromatic N) is 4. The molecule has 0 aliphatic carbocycles. The van der Waals surface area contributed by atoms with Crippen LogP contribution in [-0.4, -0.2) is 125 Å². The summed E-state index contributed by atoms with van der Waals surface area (Å²) in [7, 11) is 15.7. The van der Waals surface area contributed by atoms with Gasteiger partial charge in [-0.3, -0.25) is 0 Å². The smallest absolute Gasteiger partial charge is 0.0793 e. The van der Waals surface area contributed by atoms with Crippen molar-refractivity contribution in [2.45, 2.75) is 12.2 Å². The zero-order valence-corrected chi connectivity index (χ0v) is 14.7. The number of aliphatic hydroxyl groups excluding tert-OH is 2. The predicted molar refractivity (Wildman–Crippen MR) is 86.2 cm³/mol. The van der Waals surface area contributed by atoms with Crippen LogP contribution in [0.1, 0.15) is 0 Å². The van der Waals surface area contributed by atoms with Crippen LogP contribution in [0.2, 0.25) is 0 Å². The molecular weight excluding hydrogens is 256 g/mol. The number of aliphatic hydroxyl groups is 2. The van der Waals surface area contributed by atoms with E-state index >= 15 is 0 Å². The molecule has 0 atom stereocenters. The second-order valence-corrected chi connectivity index (χ2v) is 6.36. The third kappa shape index (κ3) is 20.1. The first kappa shape index (κ1) is 22.0. The van der Waals surface area contributed by atoms with Crippen molar-refractivity contribution >= 4 is 0 Å². The van der Waals surface area contributed by atoms with Gasteiger partial charge in [0.25, 0.3) is 0 Å². The van der Waals surface area contributed by atoms with E-state index in [2.05, 4.69) is 0 Å². The van der Waals surface area contributed by atoms with Crippen molar-refractivity contribution < 1.29 is 10.2 Å². The number of likely N-dealkylation sites (N-methyl/N-ethyl adjacent to an activating group) is 4. The Balaban J connectivity index is 0. The van der Waals surface area contributed by atoms with Gasteiger partial charge in [-0.25, -0.2) is 0 Å². The van der Waals surface area contributed by atoms with Gasteiger partial charge in [0.2, 0.25) is 0 Å². The van der Waals surface area contributed by atoms with E-state index in [9.17, 15) is 10.2 Å². The molecule has 0 saturated heterocycles. The van der Waals surface area contributed by atoms with Crippen LogP contribution >= 0.6 is 0 Å². The summed E-state index contributed by atoms with van der Waals surface area (Å²) in [5, 5.41) is 18.6. The van der Waals surface area contributed by atoms with Gasteiger partial charge in [0.05, 0.1) is 12.2 Å². The Morgan fingerprint density at radius 1 is 0.500 bits per heavy atom.